The van der Waals surface area contributed by atoms with Crippen molar-refractivity contribution in [1.29, 1.82) is 0 Å². The van der Waals surface area contributed by atoms with E-state index < -0.39 is 17.7 Å². The van der Waals surface area contributed by atoms with Gasteiger partial charge in [0.25, 0.3) is 0 Å². The van der Waals surface area contributed by atoms with Crippen LogP contribution in [-0.4, -0.2) is 24.4 Å². The van der Waals surface area contributed by atoms with Gasteiger partial charge >= 0.3 is 0 Å². The largest absolute Gasteiger partial charge is 0.344 e. The van der Waals surface area contributed by atoms with Crippen LogP contribution in [0.1, 0.15) is 26.2 Å². The van der Waals surface area contributed by atoms with Crippen molar-refractivity contribution in [3.05, 3.63) is 29.8 Å². The Balaban J connectivity index is 2.33. The van der Waals surface area contributed by atoms with Crippen molar-refractivity contribution in [2.24, 2.45) is 0 Å². The van der Waals surface area contributed by atoms with E-state index in [-0.39, 0.29) is 30.5 Å². The molecule has 108 valence electrons. The van der Waals surface area contributed by atoms with Gasteiger partial charge in [-0.1, -0.05) is 13.3 Å². The fourth-order valence-corrected chi connectivity index (χ4v) is 2.26. The third kappa shape index (κ3) is 2.95. The van der Waals surface area contributed by atoms with E-state index in [4.69, 9.17) is 0 Å². The SMILES string of the molecule is CCCC1NC(=O)CCN(c2ccc(F)cc2F)C1=O. The number of anilines is 1. The molecule has 4 nitrogen and oxygen atoms in total. The van der Waals surface area contributed by atoms with Crippen molar-refractivity contribution in [2.75, 3.05) is 11.4 Å². The Morgan fingerprint density at radius 2 is 2.10 bits per heavy atom. The van der Waals surface area contributed by atoms with Crippen LogP contribution in [0.4, 0.5) is 14.5 Å². The van der Waals surface area contributed by atoms with E-state index in [1.165, 1.54) is 11.0 Å². The Hall–Kier alpha value is -1.98. The summed E-state index contributed by atoms with van der Waals surface area (Å²) < 4.78 is 26.8. The van der Waals surface area contributed by atoms with Crippen molar-refractivity contribution >= 4 is 17.5 Å². The van der Waals surface area contributed by atoms with E-state index in [9.17, 15) is 18.4 Å². The molecule has 0 bridgehead atoms. The van der Waals surface area contributed by atoms with Crippen molar-refractivity contribution in [3.8, 4) is 0 Å². The zero-order chi connectivity index (χ0) is 14.7. The van der Waals surface area contributed by atoms with Gasteiger partial charge in [0.1, 0.15) is 17.7 Å². The van der Waals surface area contributed by atoms with Crippen molar-refractivity contribution in [1.82, 2.24) is 5.32 Å². The molecule has 1 aromatic rings. The minimum atomic E-state index is -0.803. The molecule has 6 heteroatoms. The molecule has 0 saturated carbocycles. The summed E-state index contributed by atoms with van der Waals surface area (Å²) in [5.41, 5.74) is 0.00834. The van der Waals surface area contributed by atoms with E-state index in [2.05, 4.69) is 5.32 Å². The molecular formula is C14H16F2N2O2. The number of hydrogen-bond acceptors (Lipinski definition) is 2. The summed E-state index contributed by atoms with van der Waals surface area (Å²) in [7, 11) is 0. The summed E-state index contributed by atoms with van der Waals surface area (Å²) in [4.78, 5) is 25.2. The Morgan fingerprint density at radius 1 is 1.35 bits per heavy atom. The van der Waals surface area contributed by atoms with Crippen LogP contribution in [0.2, 0.25) is 0 Å². The highest BCUT2D eigenvalue weighted by Gasteiger charge is 2.31. The fourth-order valence-electron chi connectivity index (χ4n) is 2.26. The van der Waals surface area contributed by atoms with Gasteiger partial charge in [0.15, 0.2) is 0 Å². The number of nitrogens with one attached hydrogen (secondary N) is 1. The summed E-state index contributed by atoms with van der Waals surface area (Å²) in [5, 5.41) is 2.63. The molecule has 0 radical (unpaired) electrons. The lowest BCUT2D eigenvalue weighted by Gasteiger charge is -2.24. The van der Waals surface area contributed by atoms with E-state index in [0.29, 0.717) is 6.42 Å². The molecule has 1 fully saturated rings. The van der Waals surface area contributed by atoms with Crippen LogP contribution in [0.5, 0.6) is 0 Å². The molecule has 1 aromatic carbocycles. The van der Waals surface area contributed by atoms with Crippen LogP contribution >= 0.6 is 0 Å². The molecule has 1 saturated heterocycles. The minimum Gasteiger partial charge on any atom is -0.344 e. The van der Waals surface area contributed by atoms with Crippen LogP contribution in [0.3, 0.4) is 0 Å². The first-order valence-electron chi connectivity index (χ1n) is 6.58. The van der Waals surface area contributed by atoms with E-state index in [0.717, 1.165) is 18.6 Å². The van der Waals surface area contributed by atoms with Gasteiger partial charge in [-0.2, -0.15) is 0 Å². The number of halogens is 2. The van der Waals surface area contributed by atoms with Crippen molar-refractivity contribution in [2.45, 2.75) is 32.2 Å². The van der Waals surface area contributed by atoms with E-state index in [1.807, 2.05) is 6.92 Å². The van der Waals surface area contributed by atoms with Crippen molar-refractivity contribution < 1.29 is 18.4 Å². The molecule has 2 rings (SSSR count). The van der Waals surface area contributed by atoms with Gasteiger partial charge in [0.2, 0.25) is 11.8 Å². The molecule has 1 aliphatic rings. The van der Waals surface area contributed by atoms with Gasteiger partial charge in [-0.05, 0) is 18.6 Å². The van der Waals surface area contributed by atoms with Gasteiger partial charge in [-0.25, -0.2) is 8.78 Å². The maximum Gasteiger partial charge on any atom is 0.249 e. The monoisotopic (exact) mass is 282 g/mol. The molecule has 0 aliphatic carbocycles. The Labute approximate surface area is 115 Å². The average Bonchev–Trinajstić information content (AvgIpc) is 2.52. The zero-order valence-electron chi connectivity index (χ0n) is 11.2. The average molecular weight is 282 g/mol. The standard InChI is InChI=1S/C14H16F2N2O2/c1-2-3-11-14(20)18(7-6-13(19)17-11)12-5-4-9(15)8-10(12)16/h4-5,8,11H,2-3,6-7H2,1H3,(H,17,19). The third-order valence-electron chi connectivity index (χ3n) is 3.24. The van der Waals surface area contributed by atoms with Gasteiger partial charge in [0, 0.05) is 19.0 Å². The molecule has 1 aliphatic heterocycles. The smallest absolute Gasteiger partial charge is 0.249 e. The molecule has 1 heterocycles. The zero-order valence-corrected chi connectivity index (χ0v) is 11.2. The summed E-state index contributed by atoms with van der Waals surface area (Å²) in [6.07, 6.45) is 1.31. The van der Waals surface area contributed by atoms with E-state index in [1.54, 1.807) is 0 Å². The van der Waals surface area contributed by atoms with Crippen LogP contribution in [0.25, 0.3) is 0 Å². The second-order valence-corrected chi connectivity index (χ2v) is 4.74. The van der Waals surface area contributed by atoms with Gasteiger partial charge in [-0.15, -0.1) is 0 Å². The first-order valence-corrected chi connectivity index (χ1v) is 6.58. The molecule has 20 heavy (non-hydrogen) atoms. The predicted octanol–water partition coefficient (Wildman–Crippen LogP) is 1.99. The third-order valence-corrected chi connectivity index (χ3v) is 3.24. The number of carbonyl (C=O) groups excluding carboxylic acids is 2. The summed E-state index contributed by atoms with van der Waals surface area (Å²) in [6.45, 7) is 1.99. The molecule has 0 spiro atoms. The predicted molar refractivity (Wildman–Crippen MR) is 70.2 cm³/mol. The van der Waals surface area contributed by atoms with Crippen LogP contribution < -0.4 is 10.2 Å². The van der Waals surface area contributed by atoms with Crippen LogP contribution in [0, 0.1) is 11.6 Å². The maximum absolute atomic E-state index is 13.8. The summed E-state index contributed by atoms with van der Waals surface area (Å²) in [6, 6.07) is 2.40. The summed E-state index contributed by atoms with van der Waals surface area (Å²) in [5.74, 6) is -2.10. The lowest BCUT2D eigenvalue weighted by Crippen LogP contribution is -2.45. The first-order chi connectivity index (χ1) is 9.52. The normalized spacial score (nSPS) is 19.8. The Morgan fingerprint density at radius 3 is 2.75 bits per heavy atom. The highest BCUT2D eigenvalue weighted by molar-refractivity contribution is 6.01. The number of benzene rings is 1. The lowest BCUT2D eigenvalue weighted by atomic mass is 10.1. The van der Waals surface area contributed by atoms with Crippen LogP contribution in [-0.2, 0) is 9.59 Å². The van der Waals surface area contributed by atoms with Crippen LogP contribution in [0.15, 0.2) is 18.2 Å². The first kappa shape index (κ1) is 14.4. The number of hydrogen-bond donors (Lipinski definition) is 1. The van der Waals surface area contributed by atoms with Gasteiger partial charge in [0.05, 0.1) is 5.69 Å². The molecule has 1 atom stereocenters. The second-order valence-electron chi connectivity index (χ2n) is 4.74. The fraction of sp³-hybridized carbons (Fsp3) is 0.429. The molecular weight excluding hydrogens is 266 g/mol. The van der Waals surface area contributed by atoms with Gasteiger partial charge in [-0.3, -0.25) is 9.59 Å². The quantitative estimate of drug-likeness (QED) is 0.921. The van der Waals surface area contributed by atoms with Gasteiger partial charge < -0.3 is 10.2 Å². The lowest BCUT2D eigenvalue weighted by molar-refractivity contribution is -0.125. The van der Waals surface area contributed by atoms with E-state index >= 15 is 0 Å². The number of rotatable bonds is 3. The molecule has 1 N–H and O–H groups in total. The second kappa shape index (κ2) is 5.98. The Bertz CT molecular complexity index is 534. The maximum atomic E-state index is 13.8. The molecule has 2 amide bonds. The highest BCUT2D eigenvalue weighted by atomic mass is 19.1. The topological polar surface area (TPSA) is 49.4 Å². The Kier molecular flexibility index (Phi) is 4.32. The van der Waals surface area contributed by atoms with Crippen molar-refractivity contribution in [3.63, 3.8) is 0 Å². The molecule has 1 unspecified atom stereocenters. The summed E-state index contributed by atoms with van der Waals surface area (Å²) >= 11 is 0. The minimum absolute atomic E-state index is 0.00834. The number of carbonyl (C=O) groups is 2. The number of nitrogens with zero attached hydrogens (tertiary/aromatic N) is 1. The highest BCUT2D eigenvalue weighted by Crippen LogP contribution is 2.23. The molecule has 0 aromatic heterocycles. The number of amides is 2.